The Kier molecular flexibility index (Phi) is 6.51. The van der Waals surface area contributed by atoms with Gasteiger partial charge in [-0.3, -0.25) is 4.79 Å². The van der Waals surface area contributed by atoms with Gasteiger partial charge in [-0.25, -0.2) is 8.42 Å². The summed E-state index contributed by atoms with van der Waals surface area (Å²) in [6.07, 6.45) is 0.815. The molecular formula is C22H23NO5S. The Bertz CT molecular complexity index is 1110. The van der Waals surface area contributed by atoms with Crippen molar-refractivity contribution in [1.29, 1.82) is 0 Å². The van der Waals surface area contributed by atoms with E-state index in [1.54, 1.807) is 36.4 Å². The van der Waals surface area contributed by atoms with Gasteiger partial charge in [0.05, 0.1) is 11.5 Å². The third kappa shape index (κ3) is 4.93. The molecule has 3 aromatic rings. The summed E-state index contributed by atoms with van der Waals surface area (Å²) in [5.74, 6) is 0.0228. The average Bonchev–Trinajstić information content (AvgIpc) is 2.72. The lowest BCUT2D eigenvalue weighted by atomic mass is 10.1. The monoisotopic (exact) mass is 413 g/mol. The van der Waals surface area contributed by atoms with Crippen molar-refractivity contribution >= 4 is 26.8 Å². The smallest absolute Gasteiger partial charge is 0.326 e. The first-order valence-corrected chi connectivity index (χ1v) is 10.7. The molecule has 0 heterocycles. The summed E-state index contributed by atoms with van der Waals surface area (Å²) < 4.78 is 37.6. The maximum atomic E-state index is 12.9. The van der Waals surface area contributed by atoms with Gasteiger partial charge in [-0.15, -0.1) is 0 Å². The Hall–Kier alpha value is -2.90. The molecule has 3 aromatic carbocycles. The van der Waals surface area contributed by atoms with E-state index in [1.807, 2.05) is 31.2 Å². The van der Waals surface area contributed by atoms with Crippen LogP contribution in [0, 0.1) is 0 Å². The zero-order valence-electron chi connectivity index (χ0n) is 16.4. The Labute approximate surface area is 170 Å². The van der Waals surface area contributed by atoms with E-state index >= 15 is 0 Å². The SMILES string of the molecule is CCCOc1ccccc1OC(=O)CN(C)S(=O)(=O)c1ccc2ccccc2c1. The maximum absolute atomic E-state index is 12.9. The summed E-state index contributed by atoms with van der Waals surface area (Å²) in [6, 6.07) is 19.2. The standard InChI is InChI=1S/C22H23NO5S/c1-3-14-27-20-10-6-7-11-21(20)28-22(24)16-23(2)29(25,26)19-13-12-17-8-4-5-9-18(17)15-19/h4-13,15H,3,14,16H2,1-2H3. The van der Waals surface area contributed by atoms with Crippen molar-refractivity contribution in [1.82, 2.24) is 4.31 Å². The highest BCUT2D eigenvalue weighted by molar-refractivity contribution is 7.89. The fraction of sp³-hybridized carbons (Fsp3) is 0.227. The lowest BCUT2D eigenvalue weighted by Gasteiger charge is -2.17. The Balaban J connectivity index is 1.73. The summed E-state index contributed by atoms with van der Waals surface area (Å²) in [5.41, 5.74) is 0. The molecule has 0 saturated carbocycles. The minimum atomic E-state index is -3.84. The molecule has 0 amide bonds. The van der Waals surface area contributed by atoms with E-state index in [0.717, 1.165) is 21.5 Å². The van der Waals surface area contributed by atoms with Gasteiger partial charge >= 0.3 is 5.97 Å². The topological polar surface area (TPSA) is 72.9 Å². The predicted octanol–water partition coefficient (Wildman–Crippen LogP) is 3.85. The van der Waals surface area contributed by atoms with Crippen molar-refractivity contribution in [3.63, 3.8) is 0 Å². The first-order valence-electron chi connectivity index (χ1n) is 9.29. The molecule has 6 nitrogen and oxygen atoms in total. The van der Waals surface area contributed by atoms with Gasteiger partial charge in [-0.2, -0.15) is 4.31 Å². The van der Waals surface area contributed by atoms with Gasteiger partial charge in [0.2, 0.25) is 10.0 Å². The van der Waals surface area contributed by atoms with E-state index < -0.39 is 22.5 Å². The number of benzene rings is 3. The molecule has 0 bridgehead atoms. The summed E-state index contributed by atoms with van der Waals surface area (Å²) in [7, 11) is -2.49. The van der Waals surface area contributed by atoms with E-state index in [-0.39, 0.29) is 10.6 Å². The molecule has 7 heteroatoms. The number of likely N-dealkylation sites (N-methyl/N-ethyl adjacent to an activating group) is 1. The summed E-state index contributed by atoms with van der Waals surface area (Å²) in [4.78, 5) is 12.5. The highest BCUT2D eigenvalue weighted by Gasteiger charge is 2.24. The van der Waals surface area contributed by atoms with Crippen molar-refractivity contribution < 1.29 is 22.7 Å². The first-order chi connectivity index (χ1) is 13.9. The predicted molar refractivity (Wildman–Crippen MR) is 112 cm³/mol. The van der Waals surface area contributed by atoms with Crippen LogP contribution >= 0.6 is 0 Å². The molecule has 0 saturated heterocycles. The Morgan fingerprint density at radius 3 is 2.31 bits per heavy atom. The molecular weight excluding hydrogens is 390 g/mol. The van der Waals surface area contributed by atoms with E-state index in [2.05, 4.69) is 0 Å². The van der Waals surface area contributed by atoms with Crippen molar-refractivity contribution in [3.05, 3.63) is 66.7 Å². The van der Waals surface area contributed by atoms with Gasteiger partial charge in [0.1, 0.15) is 6.54 Å². The minimum absolute atomic E-state index is 0.123. The highest BCUT2D eigenvalue weighted by atomic mass is 32.2. The largest absolute Gasteiger partial charge is 0.490 e. The minimum Gasteiger partial charge on any atom is -0.490 e. The van der Waals surface area contributed by atoms with E-state index in [1.165, 1.54) is 13.1 Å². The molecule has 0 unspecified atom stereocenters. The zero-order chi connectivity index (χ0) is 20.9. The number of carbonyl (C=O) groups is 1. The molecule has 0 aliphatic carbocycles. The van der Waals surface area contributed by atoms with Crippen LogP contribution < -0.4 is 9.47 Å². The van der Waals surface area contributed by atoms with Crippen LogP contribution in [0.3, 0.4) is 0 Å². The Morgan fingerprint density at radius 1 is 0.931 bits per heavy atom. The molecule has 0 atom stereocenters. The number of rotatable bonds is 8. The number of sulfonamides is 1. The molecule has 0 aliphatic rings. The van der Waals surface area contributed by atoms with Gasteiger partial charge in [0.25, 0.3) is 0 Å². The second-order valence-corrected chi connectivity index (χ2v) is 8.58. The van der Waals surface area contributed by atoms with Crippen LogP contribution in [0.1, 0.15) is 13.3 Å². The molecule has 0 spiro atoms. The van der Waals surface area contributed by atoms with Gasteiger partial charge in [-0.05, 0) is 41.5 Å². The first kappa shape index (κ1) is 20.8. The molecule has 0 aromatic heterocycles. The Morgan fingerprint density at radius 2 is 1.59 bits per heavy atom. The van der Waals surface area contributed by atoms with Gasteiger partial charge in [-0.1, -0.05) is 49.4 Å². The molecule has 29 heavy (non-hydrogen) atoms. The number of esters is 1. The number of nitrogens with zero attached hydrogens (tertiary/aromatic N) is 1. The van der Waals surface area contributed by atoms with Gasteiger partial charge in [0.15, 0.2) is 11.5 Å². The summed E-state index contributed by atoms with van der Waals surface area (Å²) in [6.45, 7) is 2.04. The summed E-state index contributed by atoms with van der Waals surface area (Å²) in [5, 5.41) is 1.75. The number of carbonyl (C=O) groups excluding carboxylic acids is 1. The fourth-order valence-electron chi connectivity index (χ4n) is 2.80. The third-order valence-corrected chi connectivity index (χ3v) is 6.11. The molecule has 152 valence electrons. The second-order valence-electron chi connectivity index (χ2n) is 6.54. The van der Waals surface area contributed by atoms with Crippen molar-refractivity contribution in [2.45, 2.75) is 18.2 Å². The lowest BCUT2D eigenvalue weighted by Crippen LogP contribution is -2.34. The number of ether oxygens (including phenoxy) is 2. The van der Waals surface area contributed by atoms with Crippen LogP contribution in [0.2, 0.25) is 0 Å². The van der Waals surface area contributed by atoms with Crippen molar-refractivity contribution in [2.24, 2.45) is 0 Å². The van der Waals surface area contributed by atoms with Crippen LogP contribution in [-0.4, -0.2) is 38.9 Å². The maximum Gasteiger partial charge on any atom is 0.326 e. The highest BCUT2D eigenvalue weighted by Crippen LogP contribution is 2.27. The molecule has 3 rings (SSSR count). The molecule has 0 N–H and O–H groups in total. The lowest BCUT2D eigenvalue weighted by molar-refractivity contribution is -0.134. The normalized spacial score (nSPS) is 11.6. The number of fused-ring (bicyclic) bond motifs is 1. The van der Waals surface area contributed by atoms with E-state index in [0.29, 0.717) is 12.4 Å². The molecule has 0 radical (unpaired) electrons. The second kappa shape index (κ2) is 9.07. The van der Waals surface area contributed by atoms with Crippen molar-refractivity contribution in [3.8, 4) is 11.5 Å². The van der Waals surface area contributed by atoms with Crippen molar-refractivity contribution in [2.75, 3.05) is 20.2 Å². The zero-order valence-corrected chi connectivity index (χ0v) is 17.2. The number of para-hydroxylation sites is 2. The fourth-order valence-corrected chi connectivity index (χ4v) is 3.95. The third-order valence-electron chi connectivity index (χ3n) is 4.32. The molecule has 0 aliphatic heterocycles. The van der Waals surface area contributed by atoms with Crippen LogP contribution in [0.15, 0.2) is 71.6 Å². The van der Waals surface area contributed by atoms with Gasteiger partial charge < -0.3 is 9.47 Å². The van der Waals surface area contributed by atoms with E-state index in [9.17, 15) is 13.2 Å². The van der Waals surface area contributed by atoms with Gasteiger partial charge in [0, 0.05) is 7.05 Å². The van der Waals surface area contributed by atoms with Crippen LogP contribution in [-0.2, 0) is 14.8 Å². The number of hydrogen-bond acceptors (Lipinski definition) is 5. The quantitative estimate of drug-likeness (QED) is 0.414. The van der Waals surface area contributed by atoms with Crippen LogP contribution in [0.5, 0.6) is 11.5 Å². The van der Waals surface area contributed by atoms with E-state index in [4.69, 9.17) is 9.47 Å². The average molecular weight is 413 g/mol. The van der Waals surface area contributed by atoms with Crippen LogP contribution in [0.25, 0.3) is 10.8 Å². The number of hydrogen-bond donors (Lipinski definition) is 0. The summed E-state index contributed by atoms with van der Waals surface area (Å²) >= 11 is 0. The molecule has 0 fully saturated rings. The van der Waals surface area contributed by atoms with Crippen LogP contribution in [0.4, 0.5) is 0 Å².